The van der Waals surface area contributed by atoms with Crippen LogP contribution in [0, 0.1) is 5.92 Å². The van der Waals surface area contributed by atoms with Crippen LogP contribution in [0.4, 0.5) is 0 Å². The number of carbonyl (C=O) groups excluding carboxylic acids is 3. The van der Waals surface area contributed by atoms with Gasteiger partial charge >= 0.3 is 11.9 Å². The molecule has 0 aliphatic carbocycles. The van der Waals surface area contributed by atoms with Crippen molar-refractivity contribution in [3.8, 4) is 0 Å². The van der Waals surface area contributed by atoms with Crippen molar-refractivity contribution in [1.29, 1.82) is 0 Å². The van der Waals surface area contributed by atoms with Crippen molar-refractivity contribution in [3.63, 3.8) is 0 Å². The first-order valence-corrected chi connectivity index (χ1v) is 24.7. The number of nitrogens with zero attached hydrogens (tertiary/aromatic N) is 1. The Balaban J connectivity index is 4.33. The van der Waals surface area contributed by atoms with Crippen LogP contribution in [-0.2, 0) is 23.9 Å². The van der Waals surface area contributed by atoms with Crippen molar-refractivity contribution in [3.05, 3.63) is 0 Å². The highest BCUT2D eigenvalue weighted by molar-refractivity contribution is 5.72. The molecule has 0 atom stereocenters. The molecule has 0 saturated heterocycles. The minimum Gasteiger partial charge on any atom is -0.466 e. The molecule has 0 rings (SSSR count). The van der Waals surface area contributed by atoms with E-state index in [0.29, 0.717) is 25.4 Å². The first-order valence-electron chi connectivity index (χ1n) is 24.7. The third-order valence-corrected chi connectivity index (χ3v) is 11.5. The van der Waals surface area contributed by atoms with Gasteiger partial charge in [-0.3, -0.25) is 14.4 Å². The molecule has 332 valence electrons. The summed E-state index contributed by atoms with van der Waals surface area (Å²) in [5.74, 6) is 0.734. The summed E-state index contributed by atoms with van der Waals surface area (Å²) in [6.45, 7) is 15.1. The van der Waals surface area contributed by atoms with Crippen molar-refractivity contribution in [1.82, 2.24) is 10.2 Å². The quantitative estimate of drug-likeness (QED) is 0.0488. The number of ether oxygens (including phenoxy) is 2. The molecule has 0 fully saturated rings. The van der Waals surface area contributed by atoms with Crippen molar-refractivity contribution in [2.24, 2.45) is 5.92 Å². The van der Waals surface area contributed by atoms with Gasteiger partial charge in [-0.2, -0.15) is 0 Å². The van der Waals surface area contributed by atoms with Crippen molar-refractivity contribution in [2.75, 3.05) is 32.8 Å². The Bertz CT molecular complexity index is 843. The molecule has 0 radical (unpaired) electrons. The summed E-state index contributed by atoms with van der Waals surface area (Å²) in [6, 6.07) is 0. The molecule has 0 bridgehead atoms. The molecule has 0 heterocycles. The van der Waals surface area contributed by atoms with Gasteiger partial charge in [-0.1, -0.05) is 169 Å². The summed E-state index contributed by atoms with van der Waals surface area (Å²) in [4.78, 5) is 39.0. The summed E-state index contributed by atoms with van der Waals surface area (Å²) < 4.78 is 11.7. The van der Waals surface area contributed by atoms with Gasteiger partial charge in [-0.25, -0.2) is 0 Å². The Hall–Kier alpha value is -1.63. The molecule has 1 amide bonds. The van der Waals surface area contributed by atoms with E-state index < -0.39 is 0 Å². The Morgan fingerprint density at radius 3 is 1.39 bits per heavy atom. The second-order valence-corrected chi connectivity index (χ2v) is 17.1. The minimum atomic E-state index is -0.0220. The fraction of sp³-hybridized carbons (Fsp3) is 0.939. The molecule has 7 heteroatoms. The molecule has 0 spiro atoms. The summed E-state index contributed by atoms with van der Waals surface area (Å²) >= 11 is 0. The van der Waals surface area contributed by atoms with Crippen LogP contribution in [0.15, 0.2) is 0 Å². The van der Waals surface area contributed by atoms with Gasteiger partial charge < -0.3 is 19.7 Å². The van der Waals surface area contributed by atoms with Gasteiger partial charge in [-0.15, -0.1) is 0 Å². The van der Waals surface area contributed by atoms with Gasteiger partial charge in [0.25, 0.3) is 0 Å². The highest BCUT2D eigenvalue weighted by Gasteiger charge is 2.15. The monoisotopic (exact) mass is 793 g/mol. The highest BCUT2D eigenvalue weighted by atomic mass is 16.5. The minimum absolute atomic E-state index is 0.0151. The van der Waals surface area contributed by atoms with Gasteiger partial charge in [0.15, 0.2) is 0 Å². The topological polar surface area (TPSA) is 84.9 Å². The van der Waals surface area contributed by atoms with Gasteiger partial charge in [0.05, 0.1) is 6.61 Å². The van der Waals surface area contributed by atoms with Crippen molar-refractivity contribution < 1.29 is 23.9 Å². The number of esters is 2. The lowest BCUT2D eigenvalue weighted by Crippen LogP contribution is -2.30. The smallest absolute Gasteiger partial charge is 0.306 e. The molecule has 7 nitrogen and oxygen atoms in total. The molecule has 0 aliphatic rings. The Morgan fingerprint density at radius 2 is 0.893 bits per heavy atom. The maximum atomic E-state index is 12.8. The highest BCUT2D eigenvalue weighted by Crippen LogP contribution is 2.21. The second-order valence-electron chi connectivity index (χ2n) is 17.1. The zero-order chi connectivity index (χ0) is 41.2. The molecule has 0 aromatic carbocycles. The molecule has 0 unspecified atom stereocenters. The summed E-state index contributed by atoms with van der Waals surface area (Å²) in [5, 5.41) is 2.94. The number of hydrogen-bond acceptors (Lipinski definition) is 6. The molecule has 0 aromatic rings. The molecular weight excluding hydrogens is 697 g/mol. The van der Waals surface area contributed by atoms with E-state index in [-0.39, 0.29) is 23.9 Å². The Morgan fingerprint density at radius 1 is 0.464 bits per heavy atom. The average Bonchev–Trinajstić information content (AvgIpc) is 3.18. The number of carbonyl (C=O) groups is 3. The summed E-state index contributed by atoms with van der Waals surface area (Å²) in [7, 11) is 0. The van der Waals surface area contributed by atoms with Gasteiger partial charge in [0, 0.05) is 26.3 Å². The van der Waals surface area contributed by atoms with Gasteiger partial charge in [0.2, 0.25) is 5.91 Å². The van der Waals surface area contributed by atoms with Crippen LogP contribution in [0.3, 0.4) is 0 Å². The van der Waals surface area contributed by atoms with E-state index in [1.807, 2.05) is 0 Å². The van der Waals surface area contributed by atoms with Crippen LogP contribution in [0.25, 0.3) is 0 Å². The predicted molar refractivity (Wildman–Crippen MR) is 239 cm³/mol. The van der Waals surface area contributed by atoms with Crippen LogP contribution in [0.1, 0.15) is 253 Å². The second kappa shape index (κ2) is 43.0. The van der Waals surface area contributed by atoms with E-state index in [1.165, 1.54) is 141 Å². The normalized spacial score (nSPS) is 11.6. The van der Waals surface area contributed by atoms with Crippen LogP contribution in [-0.4, -0.2) is 61.6 Å². The van der Waals surface area contributed by atoms with E-state index in [4.69, 9.17) is 9.47 Å². The lowest BCUT2D eigenvalue weighted by molar-refractivity contribution is -0.150. The van der Waals surface area contributed by atoms with E-state index in [1.54, 1.807) is 6.92 Å². The lowest BCUT2D eigenvalue weighted by Gasteiger charge is -2.22. The van der Waals surface area contributed by atoms with Crippen LogP contribution >= 0.6 is 0 Å². The zero-order valence-electron chi connectivity index (χ0n) is 38.2. The molecule has 1 N–H and O–H groups in total. The van der Waals surface area contributed by atoms with E-state index in [2.05, 4.69) is 37.9 Å². The van der Waals surface area contributed by atoms with E-state index >= 15 is 0 Å². The van der Waals surface area contributed by atoms with Crippen LogP contribution in [0.2, 0.25) is 0 Å². The van der Waals surface area contributed by atoms with Crippen LogP contribution in [0.5, 0.6) is 0 Å². The van der Waals surface area contributed by atoms with Crippen molar-refractivity contribution >= 4 is 17.8 Å². The third kappa shape index (κ3) is 39.2. The van der Waals surface area contributed by atoms with Crippen LogP contribution < -0.4 is 5.32 Å². The Labute approximate surface area is 348 Å². The number of nitrogens with one attached hydrogen (secondary N) is 1. The molecular formula is C49H96N2O5. The number of rotatable bonds is 44. The maximum Gasteiger partial charge on any atom is 0.306 e. The number of unbranched alkanes of at least 4 members (excludes halogenated alkanes) is 20. The fourth-order valence-corrected chi connectivity index (χ4v) is 7.81. The summed E-state index contributed by atoms with van der Waals surface area (Å²) in [5.41, 5.74) is 0. The third-order valence-electron chi connectivity index (χ3n) is 11.5. The van der Waals surface area contributed by atoms with E-state index in [0.717, 1.165) is 90.4 Å². The molecule has 56 heavy (non-hydrogen) atoms. The standard InChI is InChI=1S/C49H96N2O5/c1-6-10-14-16-20-26-35-47(36-27-21-17-15-11-7-2)56-49(54)38-29-23-19-25-31-42-51(43-32-40-50-45(5)52)41-30-24-18-22-28-37-48(53)55-44-39-46(33-12-8-3)34-13-9-4/h46-47H,6-44H2,1-5H3,(H,50,52). The van der Waals surface area contributed by atoms with E-state index in [9.17, 15) is 14.4 Å². The lowest BCUT2D eigenvalue weighted by atomic mass is 9.93. The Kier molecular flexibility index (Phi) is 41.7. The number of amides is 1. The molecule has 0 aromatic heterocycles. The van der Waals surface area contributed by atoms with Gasteiger partial charge in [0.1, 0.15) is 6.10 Å². The first kappa shape index (κ1) is 54.4. The molecule has 0 aliphatic heterocycles. The van der Waals surface area contributed by atoms with Gasteiger partial charge in [-0.05, 0) is 89.8 Å². The first-order chi connectivity index (χ1) is 27.4. The maximum absolute atomic E-state index is 12.8. The number of hydrogen-bond donors (Lipinski definition) is 1. The molecule has 0 saturated carbocycles. The summed E-state index contributed by atoms with van der Waals surface area (Å²) in [6.07, 6.45) is 39.2. The average molecular weight is 793 g/mol. The SMILES string of the molecule is CCCCCCCCC(CCCCCCCC)OC(=O)CCCCCCCN(CCCCCCCC(=O)OCCC(CCCC)CCCC)CCCNC(C)=O. The largest absolute Gasteiger partial charge is 0.466 e. The predicted octanol–water partition coefficient (Wildman–Crippen LogP) is 13.8. The fourth-order valence-electron chi connectivity index (χ4n) is 7.81. The zero-order valence-corrected chi connectivity index (χ0v) is 38.2. The van der Waals surface area contributed by atoms with Crippen molar-refractivity contribution in [2.45, 2.75) is 259 Å².